The lowest BCUT2D eigenvalue weighted by Crippen LogP contribution is -2.42. The van der Waals surface area contributed by atoms with Crippen LogP contribution in [0.4, 0.5) is 13.2 Å². The quantitative estimate of drug-likeness (QED) is 0.517. The van der Waals surface area contributed by atoms with Gasteiger partial charge in [0.15, 0.2) is 0 Å². The van der Waals surface area contributed by atoms with E-state index >= 15 is 0 Å². The first-order chi connectivity index (χ1) is 14.4. The van der Waals surface area contributed by atoms with Gasteiger partial charge in [-0.15, -0.1) is 0 Å². The minimum absolute atomic E-state index is 0.0164. The molecule has 0 saturated carbocycles. The molecule has 0 radical (unpaired) electrons. The predicted octanol–water partition coefficient (Wildman–Crippen LogP) is 5.23. The molecule has 1 atom stereocenters. The lowest BCUT2D eigenvalue weighted by atomic mass is 9.98. The van der Waals surface area contributed by atoms with Gasteiger partial charge in [-0.2, -0.15) is 18.3 Å². The highest BCUT2D eigenvalue weighted by molar-refractivity contribution is 7.71. The van der Waals surface area contributed by atoms with E-state index in [1.54, 1.807) is 9.58 Å². The third kappa shape index (κ3) is 4.65. The summed E-state index contributed by atoms with van der Waals surface area (Å²) < 4.78 is 43.6. The van der Waals surface area contributed by atoms with Crippen molar-refractivity contribution in [3.05, 3.63) is 76.8 Å². The van der Waals surface area contributed by atoms with E-state index in [9.17, 15) is 13.2 Å². The van der Waals surface area contributed by atoms with Crippen LogP contribution in [-0.4, -0.2) is 38.5 Å². The Balaban J connectivity index is 1.65. The van der Waals surface area contributed by atoms with Crippen LogP contribution in [0.15, 0.2) is 60.7 Å². The monoisotopic (exact) mass is 432 g/mol. The summed E-state index contributed by atoms with van der Waals surface area (Å²) in [6, 6.07) is 19.6. The first-order valence-electron chi connectivity index (χ1n) is 9.99. The Hall–Kier alpha value is -2.45. The number of hydrogen-bond donors (Lipinski definition) is 0. The highest BCUT2D eigenvalue weighted by Crippen LogP contribution is 2.33. The van der Waals surface area contributed by atoms with Gasteiger partial charge in [0.1, 0.15) is 5.82 Å². The zero-order chi connectivity index (χ0) is 21.1. The van der Waals surface area contributed by atoms with Crippen molar-refractivity contribution in [1.82, 2.24) is 19.2 Å². The molecule has 1 unspecified atom stereocenters. The Bertz CT molecular complexity index is 1030. The fourth-order valence-electron chi connectivity index (χ4n) is 3.91. The van der Waals surface area contributed by atoms with Crippen LogP contribution in [0.3, 0.4) is 0 Å². The Morgan fingerprint density at radius 2 is 1.67 bits per heavy atom. The van der Waals surface area contributed by atoms with Gasteiger partial charge in [0.2, 0.25) is 4.77 Å². The van der Waals surface area contributed by atoms with Gasteiger partial charge in [0.05, 0.1) is 12.6 Å². The number of rotatable bonds is 5. The average Bonchev–Trinajstić information content (AvgIpc) is 3.03. The van der Waals surface area contributed by atoms with Crippen molar-refractivity contribution < 1.29 is 13.2 Å². The van der Waals surface area contributed by atoms with Crippen molar-refractivity contribution in [3.63, 3.8) is 0 Å². The molecule has 0 amide bonds. The molecule has 8 heteroatoms. The van der Waals surface area contributed by atoms with E-state index in [1.165, 1.54) is 0 Å². The summed E-state index contributed by atoms with van der Waals surface area (Å²) in [5, 5.41) is 4.72. The zero-order valence-electron chi connectivity index (χ0n) is 16.4. The smallest absolute Gasteiger partial charge is 0.284 e. The molecule has 4 rings (SSSR count). The summed E-state index contributed by atoms with van der Waals surface area (Å²) in [6.45, 7) is 0.852. The molecule has 1 aliphatic heterocycles. The van der Waals surface area contributed by atoms with Gasteiger partial charge >= 0.3 is 6.18 Å². The van der Waals surface area contributed by atoms with Gasteiger partial charge in [-0.1, -0.05) is 48.5 Å². The van der Waals surface area contributed by atoms with Crippen molar-refractivity contribution in [3.8, 4) is 5.69 Å². The topological polar surface area (TPSA) is 26.0 Å². The molecule has 2 aromatic carbocycles. The summed E-state index contributed by atoms with van der Waals surface area (Å²) in [6.07, 6.45) is -2.88. The standard InChI is InChI=1S/C22H23F3N4S/c23-22(24,25)18-10-7-13-27(15-18)16-28-21(30)29(19-11-5-2-6-12-19)20(26-28)14-17-8-3-1-4-9-17/h1-6,8-9,11-12,18H,7,10,13-16H2. The number of likely N-dealkylation sites (tertiary alicyclic amines) is 1. The Kier molecular flexibility index (Phi) is 6.06. The zero-order valence-corrected chi connectivity index (χ0v) is 17.2. The summed E-state index contributed by atoms with van der Waals surface area (Å²) >= 11 is 5.70. The van der Waals surface area contributed by atoms with Crippen molar-refractivity contribution in [2.45, 2.75) is 32.1 Å². The SMILES string of the molecule is FC(F)(F)C1CCCN(Cn2nc(Cc3ccccc3)n(-c3ccccc3)c2=S)C1. The number of para-hydroxylation sites is 1. The molecular weight excluding hydrogens is 409 g/mol. The van der Waals surface area contributed by atoms with E-state index < -0.39 is 12.1 Å². The second kappa shape index (κ2) is 8.73. The number of aromatic nitrogens is 3. The van der Waals surface area contributed by atoms with E-state index in [0.717, 1.165) is 17.1 Å². The Morgan fingerprint density at radius 1 is 1.00 bits per heavy atom. The maximum atomic E-state index is 13.2. The molecule has 30 heavy (non-hydrogen) atoms. The van der Waals surface area contributed by atoms with E-state index in [4.69, 9.17) is 17.3 Å². The molecule has 158 valence electrons. The molecule has 0 bridgehead atoms. The van der Waals surface area contributed by atoms with Crippen LogP contribution < -0.4 is 0 Å². The Morgan fingerprint density at radius 3 is 2.33 bits per heavy atom. The minimum Gasteiger partial charge on any atom is -0.284 e. The van der Waals surface area contributed by atoms with Gasteiger partial charge in [0, 0.05) is 18.7 Å². The fourth-order valence-corrected chi connectivity index (χ4v) is 4.22. The Labute approximate surface area is 178 Å². The van der Waals surface area contributed by atoms with Gasteiger partial charge < -0.3 is 0 Å². The molecule has 1 fully saturated rings. The van der Waals surface area contributed by atoms with Gasteiger partial charge in [-0.05, 0) is 49.3 Å². The number of hydrogen-bond acceptors (Lipinski definition) is 3. The number of piperidine rings is 1. The molecule has 0 aliphatic carbocycles. The fraction of sp³-hybridized carbons (Fsp3) is 0.364. The van der Waals surface area contributed by atoms with Gasteiger partial charge in [-0.3, -0.25) is 9.47 Å². The summed E-state index contributed by atoms with van der Waals surface area (Å²) in [5.74, 6) is -0.526. The highest BCUT2D eigenvalue weighted by atomic mass is 32.1. The lowest BCUT2D eigenvalue weighted by molar-refractivity contribution is -0.188. The van der Waals surface area contributed by atoms with Crippen LogP contribution in [0.5, 0.6) is 0 Å². The maximum Gasteiger partial charge on any atom is 0.393 e. The van der Waals surface area contributed by atoms with Gasteiger partial charge in [-0.25, -0.2) is 4.68 Å². The molecule has 1 aromatic heterocycles. The van der Waals surface area contributed by atoms with E-state index in [0.29, 0.717) is 24.2 Å². The highest BCUT2D eigenvalue weighted by Gasteiger charge is 2.41. The summed E-state index contributed by atoms with van der Waals surface area (Å²) in [5.41, 5.74) is 1.99. The molecular formula is C22H23F3N4S. The minimum atomic E-state index is -4.16. The molecule has 1 saturated heterocycles. The van der Waals surface area contributed by atoms with Crippen LogP contribution >= 0.6 is 12.2 Å². The second-order valence-electron chi connectivity index (χ2n) is 7.63. The summed E-state index contributed by atoms with van der Waals surface area (Å²) in [4.78, 5) is 1.80. The van der Waals surface area contributed by atoms with Crippen LogP contribution in [0.1, 0.15) is 24.2 Å². The third-order valence-electron chi connectivity index (χ3n) is 5.43. The normalized spacial score (nSPS) is 17.9. The van der Waals surface area contributed by atoms with Crippen molar-refractivity contribution in [2.75, 3.05) is 13.1 Å². The molecule has 2 heterocycles. The van der Waals surface area contributed by atoms with E-state index in [-0.39, 0.29) is 19.6 Å². The first kappa shape index (κ1) is 20.8. The van der Waals surface area contributed by atoms with Gasteiger partial charge in [0.25, 0.3) is 0 Å². The van der Waals surface area contributed by atoms with E-state index in [2.05, 4.69) is 0 Å². The first-order valence-corrected chi connectivity index (χ1v) is 10.4. The van der Waals surface area contributed by atoms with E-state index in [1.807, 2.05) is 65.2 Å². The number of halogens is 3. The number of nitrogens with zero attached hydrogens (tertiary/aromatic N) is 4. The molecule has 0 N–H and O–H groups in total. The maximum absolute atomic E-state index is 13.2. The third-order valence-corrected chi connectivity index (χ3v) is 5.82. The van der Waals surface area contributed by atoms with Crippen LogP contribution in [0.2, 0.25) is 0 Å². The average molecular weight is 433 g/mol. The molecule has 0 spiro atoms. The molecule has 4 nitrogen and oxygen atoms in total. The van der Waals surface area contributed by atoms with Crippen LogP contribution in [0.25, 0.3) is 5.69 Å². The van der Waals surface area contributed by atoms with Crippen LogP contribution in [-0.2, 0) is 13.1 Å². The number of benzene rings is 2. The number of alkyl halides is 3. The summed E-state index contributed by atoms with van der Waals surface area (Å²) in [7, 11) is 0. The van der Waals surface area contributed by atoms with Crippen molar-refractivity contribution >= 4 is 12.2 Å². The van der Waals surface area contributed by atoms with Crippen LogP contribution in [0, 0.1) is 10.7 Å². The predicted molar refractivity (Wildman–Crippen MR) is 112 cm³/mol. The largest absolute Gasteiger partial charge is 0.393 e. The molecule has 3 aromatic rings. The second-order valence-corrected chi connectivity index (χ2v) is 8.00. The van der Waals surface area contributed by atoms with Crippen molar-refractivity contribution in [1.29, 1.82) is 0 Å². The molecule has 1 aliphatic rings. The lowest BCUT2D eigenvalue weighted by Gasteiger charge is -2.33. The van der Waals surface area contributed by atoms with Crippen molar-refractivity contribution in [2.24, 2.45) is 5.92 Å².